The molecule has 2 aromatic rings. The maximum absolute atomic E-state index is 12.6. The van der Waals surface area contributed by atoms with Crippen LogP contribution in [0.2, 0.25) is 0 Å². The number of amides is 1. The maximum atomic E-state index is 12.6. The summed E-state index contributed by atoms with van der Waals surface area (Å²) in [5, 5.41) is 13.2. The first-order valence-electron chi connectivity index (χ1n) is 15.5. The molecule has 9 heteroatoms. The fourth-order valence-corrected chi connectivity index (χ4v) is 7.14. The number of aryl methyl sites for hydroxylation is 1. The van der Waals surface area contributed by atoms with Crippen molar-refractivity contribution in [2.24, 2.45) is 12.5 Å². The molecule has 2 saturated carbocycles. The molecule has 0 aromatic carbocycles. The number of nitrogens with one attached hydrogen (secondary N) is 1. The fraction of sp³-hybridized carbons (Fsp3) is 0.800. The first-order chi connectivity index (χ1) is 18.9. The van der Waals surface area contributed by atoms with Crippen LogP contribution in [-0.2, 0) is 11.8 Å². The Hall–Kier alpha value is -2.42. The third-order valence-electron chi connectivity index (χ3n) is 10.0. The number of hydrogen-bond donors (Lipinski definition) is 1. The van der Waals surface area contributed by atoms with Crippen LogP contribution in [0.15, 0.2) is 16.8 Å². The molecule has 2 unspecified atom stereocenters. The highest BCUT2D eigenvalue weighted by Crippen LogP contribution is 2.51. The second-order valence-corrected chi connectivity index (χ2v) is 13.0. The number of nitrogens with zero attached hydrogens (tertiary/aromatic N) is 5. The molecule has 2 aliphatic carbocycles. The first-order valence-corrected chi connectivity index (χ1v) is 15.5. The lowest BCUT2D eigenvalue weighted by Gasteiger charge is -2.46. The van der Waals surface area contributed by atoms with Crippen molar-refractivity contribution in [2.75, 3.05) is 19.6 Å². The summed E-state index contributed by atoms with van der Waals surface area (Å²) in [7, 11) is 1.98. The van der Waals surface area contributed by atoms with Crippen molar-refractivity contribution in [2.45, 2.75) is 120 Å². The van der Waals surface area contributed by atoms with Crippen LogP contribution < -0.4 is 5.32 Å². The lowest BCUT2D eigenvalue weighted by atomic mass is 9.63. The lowest BCUT2D eigenvalue weighted by Crippen LogP contribution is -2.47. The number of ether oxygens (including phenoxy) is 1. The monoisotopic (exact) mass is 538 g/mol. The molecule has 4 aliphatic rings. The number of piperidine rings is 2. The molecule has 2 saturated heterocycles. The summed E-state index contributed by atoms with van der Waals surface area (Å²) in [6.07, 6.45) is 18.1. The van der Waals surface area contributed by atoms with Gasteiger partial charge in [-0.2, -0.15) is 10.1 Å². The second-order valence-electron chi connectivity index (χ2n) is 13.0. The van der Waals surface area contributed by atoms with Crippen molar-refractivity contribution in [3.8, 4) is 0 Å². The molecule has 6 rings (SSSR count). The third kappa shape index (κ3) is 6.03. The van der Waals surface area contributed by atoms with E-state index < -0.39 is 0 Å². The van der Waals surface area contributed by atoms with Gasteiger partial charge in [0.2, 0.25) is 5.89 Å². The summed E-state index contributed by atoms with van der Waals surface area (Å²) in [5.74, 6) is 2.07. The van der Waals surface area contributed by atoms with Gasteiger partial charge in [-0.3, -0.25) is 4.68 Å². The Kier molecular flexibility index (Phi) is 7.71. The molecule has 9 nitrogen and oxygen atoms in total. The quantitative estimate of drug-likeness (QED) is 0.510. The molecule has 2 aliphatic heterocycles. The Morgan fingerprint density at radius 2 is 1.74 bits per heavy atom. The highest BCUT2D eigenvalue weighted by atomic mass is 16.6. The predicted molar refractivity (Wildman–Crippen MR) is 147 cm³/mol. The third-order valence-corrected chi connectivity index (χ3v) is 10.0. The smallest absolute Gasteiger partial charge is 0.410 e. The van der Waals surface area contributed by atoms with E-state index >= 15 is 0 Å². The number of carbonyl (C=O) groups is 1. The van der Waals surface area contributed by atoms with Crippen molar-refractivity contribution in [3.05, 3.63) is 29.7 Å². The normalized spacial score (nSPS) is 27.8. The topological polar surface area (TPSA) is 98.3 Å². The van der Waals surface area contributed by atoms with Gasteiger partial charge in [0.25, 0.3) is 0 Å². The van der Waals surface area contributed by atoms with Crippen LogP contribution in [0.1, 0.15) is 132 Å². The second kappa shape index (κ2) is 11.2. The van der Waals surface area contributed by atoms with Crippen LogP contribution >= 0.6 is 0 Å². The Morgan fingerprint density at radius 1 is 1.05 bits per heavy atom. The molecule has 4 fully saturated rings. The number of aromatic nitrogens is 4. The molecule has 0 radical (unpaired) electrons. The summed E-state index contributed by atoms with van der Waals surface area (Å²) >= 11 is 0. The van der Waals surface area contributed by atoms with E-state index in [9.17, 15) is 4.79 Å². The van der Waals surface area contributed by atoms with E-state index in [-0.39, 0.29) is 35.0 Å². The Morgan fingerprint density at radius 3 is 2.38 bits per heavy atom. The highest BCUT2D eigenvalue weighted by molar-refractivity contribution is 5.68. The Bertz CT molecular complexity index is 1110. The molecule has 0 bridgehead atoms. The fourth-order valence-electron chi connectivity index (χ4n) is 7.14. The van der Waals surface area contributed by atoms with E-state index in [1.807, 2.05) is 29.7 Å². The van der Waals surface area contributed by atoms with Gasteiger partial charge < -0.3 is 19.5 Å². The van der Waals surface area contributed by atoms with E-state index in [2.05, 4.69) is 16.5 Å². The SMILES string of the molecule is Cn1ccc(C2CC(c3nc(C4CCN(C(=O)OC5(C)CC5)CC4)no3)C3(CCCCCCCCC3)CN2)n1. The van der Waals surface area contributed by atoms with Crippen molar-refractivity contribution in [3.63, 3.8) is 0 Å². The minimum atomic E-state index is -0.233. The molecule has 1 amide bonds. The number of rotatable bonds is 4. The standard InChI is InChI=1S/C30H46N6O3/c1-29(15-16-29)38-28(37)36-18-10-22(11-19-36)26-32-27(39-34-26)23-20-25(24-12-17-35(2)33-24)31-21-30(23)13-8-6-4-3-5-7-9-14-30/h12,17,22-23,25,31H,3-11,13-16,18-21H2,1-2H3. The van der Waals surface area contributed by atoms with Crippen molar-refractivity contribution >= 4 is 6.09 Å². The van der Waals surface area contributed by atoms with Gasteiger partial charge in [0.1, 0.15) is 5.60 Å². The average Bonchev–Trinajstić information content (AvgIpc) is 3.30. The van der Waals surface area contributed by atoms with Crippen LogP contribution in [-0.4, -0.2) is 56.1 Å². The van der Waals surface area contributed by atoms with Crippen LogP contribution in [0.3, 0.4) is 0 Å². The zero-order chi connectivity index (χ0) is 26.9. The first kappa shape index (κ1) is 26.8. The molecular weight excluding hydrogens is 492 g/mol. The molecule has 2 atom stereocenters. The van der Waals surface area contributed by atoms with E-state index in [1.54, 1.807) is 0 Å². The molecule has 39 heavy (non-hydrogen) atoms. The molecular formula is C30H46N6O3. The van der Waals surface area contributed by atoms with Crippen molar-refractivity contribution in [1.29, 1.82) is 0 Å². The van der Waals surface area contributed by atoms with Gasteiger partial charge in [0.05, 0.1) is 11.7 Å². The maximum Gasteiger partial charge on any atom is 0.410 e. The lowest BCUT2D eigenvalue weighted by molar-refractivity contribution is 0.0518. The molecule has 214 valence electrons. The van der Waals surface area contributed by atoms with E-state index in [1.165, 1.54) is 57.8 Å². The van der Waals surface area contributed by atoms with Gasteiger partial charge in [0.15, 0.2) is 5.82 Å². The molecule has 1 N–H and O–H groups in total. The number of carbonyl (C=O) groups excluding carboxylic acids is 1. The Balaban J connectivity index is 1.18. The summed E-state index contributed by atoms with van der Waals surface area (Å²) < 4.78 is 13.7. The summed E-state index contributed by atoms with van der Waals surface area (Å²) in [6, 6.07) is 2.32. The molecule has 4 heterocycles. The van der Waals surface area contributed by atoms with E-state index in [0.29, 0.717) is 13.1 Å². The predicted octanol–water partition coefficient (Wildman–Crippen LogP) is 6.00. The van der Waals surface area contributed by atoms with Crippen LogP contribution in [0, 0.1) is 5.41 Å². The average molecular weight is 539 g/mol. The summed E-state index contributed by atoms with van der Waals surface area (Å²) in [4.78, 5) is 19.5. The number of hydrogen-bond acceptors (Lipinski definition) is 7. The number of likely N-dealkylation sites (tertiary alicyclic amines) is 1. The minimum absolute atomic E-state index is 0.137. The van der Waals surface area contributed by atoms with Gasteiger partial charge in [0, 0.05) is 44.7 Å². The summed E-state index contributed by atoms with van der Waals surface area (Å²) in [6.45, 7) is 4.35. The van der Waals surface area contributed by atoms with Gasteiger partial charge in [-0.05, 0) is 63.4 Å². The zero-order valence-electron chi connectivity index (χ0n) is 23.9. The van der Waals surface area contributed by atoms with Crippen molar-refractivity contribution in [1.82, 2.24) is 30.1 Å². The highest BCUT2D eigenvalue weighted by Gasteiger charge is 2.47. The van der Waals surface area contributed by atoms with Gasteiger partial charge >= 0.3 is 6.09 Å². The Labute approximate surface area is 232 Å². The molecule has 2 aromatic heterocycles. The van der Waals surface area contributed by atoms with E-state index in [0.717, 1.165) is 56.1 Å². The minimum Gasteiger partial charge on any atom is -0.443 e. The summed E-state index contributed by atoms with van der Waals surface area (Å²) in [5.41, 5.74) is 0.999. The van der Waals surface area contributed by atoms with Crippen LogP contribution in [0.4, 0.5) is 4.79 Å². The van der Waals surface area contributed by atoms with E-state index in [4.69, 9.17) is 19.3 Å². The van der Waals surface area contributed by atoms with Crippen molar-refractivity contribution < 1.29 is 14.1 Å². The van der Waals surface area contributed by atoms with Gasteiger partial charge in [-0.25, -0.2) is 4.79 Å². The van der Waals surface area contributed by atoms with Gasteiger partial charge in [-0.1, -0.05) is 50.1 Å². The van der Waals surface area contributed by atoms with Crippen LogP contribution in [0.25, 0.3) is 0 Å². The zero-order valence-corrected chi connectivity index (χ0v) is 23.9. The van der Waals surface area contributed by atoms with Crippen LogP contribution in [0.5, 0.6) is 0 Å². The van der Waals surface area contributed by atoms with Gasteiger partial charge in [-0.15, -0.1) is 0 Å². The molecule has 1 spiro atoms. The largest absolute Gasteiger partial charge is 0.443 e.